The van der Waals surface area contributed by atoms with Gasteiger partial charge in [-0.15, -0.1) is 0 Å². The van der Waals surface area contributed by atoms with Gasteiger partial charge in [0.25, 0.3) is 5.91 Å². The summed E-state index contributed by atoms with van der Waals surface area (Å²) in [5.41, 5.74) is 7.38. The second-order valence-corrected chi connectivity index (χ2v) is 4.92. The standard InChI is InChI=1S/C13H15N5O2/c1-17-4-5-18(7-11(17)19)13(20)12-9-6-8(14)2-3-10(9)15-16-12/h2-3,6H,4-5,7,14H2,1H3,(H,15,16). The molecule has 1 saturated heterocycles. The van der Waals surface area contributed by atoms with Gasteiger partial charge in [-0.05, 0) is 18.2 Å². The van der Waals surface area contributed by atoms with Crippen molar-refractivity contribution in [2.24, 2.45) is 0 Å². The first-order valence-corrected chi connectivity index (χ1v) is 6.33. The van der Waals surface area contributed by atoms with E-state index in [2.05, 4.69) is 10.2 Å². The SMILES string of the molecule is CN1CCN(C(=O)c2n[nH]c3ccc(N)cc23)CC1=O. The summed E-state index contributed by atoms with van der Waals surface area (Å²) < 4.78 is 0. The van der Waals surface area contributed by atoms with Gasteiger partial charge in [-0.25, -0.2) is 0 Å². The monoisotopic (exact) mass is 273 g/mol. The van der Waals surface area contributed by atoms with Crippen LogP contribution in [0.2, 0.25) is 0 Å². The number of nitrogens with one attached hydrogen (secondary N) is 1. The first kappa shape index (κ1) is 12.5. The topological polar surface area (TPSA) is 95.3 Å². The van der Waals surface area contributed by atoms with Crippen molar-refractivity contribution >= 4 is 28.4 Å². The number of hydrogen-bond donors (Lipinski definition) is 2. The van der Waals surface area contributed by atoms with E-state index in [1.165, 1.54) is 4.90 Å². The van der Waals surface area contributed by atoms with Gasteiger partial charge in [-0.2, -0.15) is 5.10 Å². The van der Waals surface area contributed by atoms with Gasteiger partial charge in [0.05, 0.1) is 5.52 Å². The van der Waals surface area contributed by atoms with Crippen molar-refractivity contribution < 1.29 is 9.59 Å². The van der Waals surface area contributed by atoms with Crippen LogP contribution in [0.1, 0.15) is 10.5 Å². The van der Waals surface area contributed by atoms with Crippen LogP contribution in [-0.4, -0.2) is 58.5 Å². The Morgan fingerprint density at radius 3 is 2.95 bits per heavy atom. The van der Waals surface area contributed by atoms with E-state index in [-0.39, 0.29) is 18.4 Å². The number of anilines is 1. The number of hydrogen-bond acceptors (Lipinski definition) is 4. The molecule has 7 nitrogen and oxygen atoms in total. The van der Waals surface area contributed by atoms with Gasteiger partial charge in [0.15, 0.2) is 5.69 Å². The molecule has 1 aromatic carbocycles. The van der Waals surface area contributed by atoms with E-state index < -0.39 is 0 Å². The Balaban J connectivity index is 1.93. The van der Waals surface area contributed by atoms with Crippen molar-refractivity contribution in [3.8, 4) is 0 Å². The molecule has 1 aromatic heterocycles. The molecule has 0 bridgehead atoms. The smallest absolute Gasteiger partial charge is 0.275 e. The zero-order valence-electron chi connectivity index (χ0n) is 11.1. The molecule has 1 aliphatic rings. The van der Waals surface area contributed by atoms with Crippen molar-refractivity contribution in [1.82, 2.24) is 20.0 Å². The molecule has 2 amide bonds. The molecule has 1 aliphatic heterocycles. The number of amides is 2. The third kappa shape index (κ3) is 1.97. The van der Waals surface area contributed by atoms with E-state index in [0.717, 1.165) is 5.52 Å². The summed E-state index contributed by atoms with van der Waals surface area (Å²) in [6.07, 6.45) is 0. The largest absolute Gasteiger partial charge is 0.399 e. The maximum Gasteiger partial charge on any atom is 0.275 e. The predicted octanol–water partition coefficient (Wildman–Crippen LogP) is 0.0593. The molecule has 0 spiro atoms. The molecule has 0 atom stereocenters. The van der Waals surface area contributed by atoms with Crippen LogP contribution in [-0.2, 0) is 4.79 Å². The number of aromatic nitrogens is 2. The van der Waals surface area contributed by atoms with Gasteiger partial charge in [-0.1, -0.05) is 0 Å². The van der Waals surface area contributed by atoms with Crippen LogP contribution >= 0.6 is 0 Å². The third-order valence-electron chi connectivity index (χ3n) is 3.53. The van der Waals surface area contributed by atoms with E-state index in [0.29, 0.717) is 29.9 Å². The molecule has 2 heterocycles. The molecule has 20 heavy (non-hydrogen) atoms. The lowest BCUT2D eigenvalue weighted by Crippen LogP contribution is -2.50. The van der Waals surface area contributed by atoms with Crippen LogP contribution < -0.4 is 5.73 Å². The van der Waals surface area contributed by atoms with E-state index in [9.17, 15) is 9.59 Å². The fourth-order valence-corrected chi connectivity index (χ4v) is 2.28. The van der Waals surface area contributed by atoms with E-state index in [4.69, 9.17) is 5.73 Å². The number of piperazine rings is 1. The molecule has 0 unspecified atom stereocenters. The summed E-state index contributed by atoms with van der Waals surface area (Å²) >= 11 is 0. The number of benzene rings is 1. The zero-order valence-corrected chi connectivity index (χ0v) is 11.1. The fourth-order valence-electron chi connectivity index (χ4n) is 2.28. The van der Waals surface area contributed by atoms with Crippen LogP contribution in [0.3, 0.4) is 0 Å². The van der Waals surface area contributed by atoms with Gasteiger partial charge in [0.1, 0.15) is 6.54 Å². The second-order valence-electron chi connectivity index (χ2n) is 4.92. The number of nitrogens with zero attached hydrogens (tertiary/aromatic N) is 3. The van der Waals surface area contributed by atoms with E-state index >= 15 is 0 Å². The van der Waals surface area contributed by atoms with Crippen molar-refractivity contribution in [2.75, 3.05) is 32.4 Å². The molecule has 1 fully saturated rings. The van der Waals surface area contributed by atoms with Crippen LogP contribution in [0.15, 0.2) is 18.2 Å². The van der Waals surface area contributed by atoms with Gasteiger partial charge >= 0.3 is 0 Å². The highest BCUT2D eigenvalue weighted by Crippen LogP contribution is 2.20. The van der Waals surface area contributed by atoms with Gasteiger partial charge in [0, 0.05) is 31.2 Å². The molecule has 3 N–H and O–H groups in total. The maximum absolute atomic E-state index is 12.5. The van der Waals surface area contributed by atoms with Crippen molar-refractivity contribution in [3.05, 3.63) is 23.9 Å². The Labute approximate surface area is 115 Å². The number of carbonyl (C=O) groups excluding carboxylic acids is 2. The maximum atomic E-state index is 12.5. The molecular weight excluding hydrogens is 258 g/mol. The number of fused-ring (bicyclic) bond motifs is 1. The number of rotatable bonds is 1. The number of aromatic amines is 1. The van der Waals surface area contributed by atoms with Gasteiger partial charge in [-0.3, -0.25) is 14.7 Å². The first-order chi connectivity index (χ1) is 9.56. The van der Waals surface area contributed by atoms with Gasteiger partial charge < -0.3 is 15.5 Å². The molecule has 0 saturated carbocycles. The summed E-state index contributed by atoms with van der Waals surface area (Å²) in [6.45, 7) is 1.14. The molecular formula is C13H15N5O2. The average molecular weight is 273 g/mol. The number of carbonyl (C=O) groups is 2. The average Bonchev–Trinajstić information content (AvgIpc) is 2.84. The van der Waals surface area contributed by atoms with Crippen molar-refractivity contribution in [3.63, 3.8) is 0 Å². The molecule has 2 aromatic rings. The van der Waals surface area contributed by atoms with Crippen LogP contribution in [0.25, 0.3) is 10.9 Å². The minimum atomic E-state index is -0.247. The second kappa shape index (κ2) is 4.52. The zero-order chi connectivity index (χ0) is 14.3. The molecule has 0 radical (unpaired) electrons. The summed E-state index contributed by atoms with van der Waals surface area (Å²) in [7, 11) is 1.73. The lowest BCUT2D eigenvalue weighted by molar-refractivity contribution is -0.133. The van der Waals surface area contributed by atoms with Crippen molar-refractivity contribution in [2.45, 2.75) is 0 Å². The number of H-pyrrole nitrogens is 1. The molecule has 104 valence electrons. The van der Waals surface area contributed by atoms with Crippen LogP contribution in [0.4, 0.5) is 5.69 Å². The molecule has 3 rings (SSSR count). The van der Waals surface area contributed by atoms with E-state index in [1.807, 2.05) is 0 Å². The lowest BCUT2D eigenvalue weighted by Gasteiger charge is -2.31. The predicted molar refractivity (Wildman–Crippen MR) is 74.0 cm³/mol. The Kier molecular flexibility index (Phi) is 2.81. The van der Waals surface area contributed by atoms with Crippen molar-refractivity contribution in [1.29, 1.82) is 0 Å². The van der Waals surface area contributed by atoms with Gasteiger partial charge in [0.2, 0.25) is 5.91 Å². The van der Waals surface area contributed by atoms with E-state index in [1.54, 1.807) is 30.1 Å². The fraction of sp³-hybridized carbons (Fsp3) is 0.308. The summed E-state index contributed by atoms with van der Waals surface area (Å²) in [4.78, 5) is 27.3. The van der Waals surface area contributed by atoms with Crippen LogP contribution in [0, 0.1) is 0 Å². The summed E-state index contributed by atoms with van der Waals surface area (Å²) in [5, 5.41) is 7.55. The Morgan fingerprint density at radius 1 is 1.40 bits per heavy atom. The highest BCUT2D eigenvalue weighted by atomic mass is 16.2. The number of nitrogens with two attached hydrogens (primary N) is 1. The Hall–Kier alpha value is -2.57. The minimum absolute atomic E-state index is 0.0658. The highest BCUT2D eigenvalue weighted by molar-refractivity contribution is 6.06. The number of nitrogen functional groups attached to an aromatic ring is 1. The third-order valence-corrected chi connectivity index (χ3v) is 3.53. The van der Waals surface area contributed by atoms with Crippen LogP contribution in [0.5, 0.6) is 0 Å². The normalized spacial score (nSPS) is 15.9. The Bertz CT molecular complexity index is 693. The Morgan fingerprint density at radius 2 is 2.20 bits per heavy atom. The first-order valence-electron chi connectivity index (χ1n) is 6.33. The quantitative estimate of drug-likeness (QED) is 0.718. The molecule has 7 heteroatoms. The summed E-state index contributed by atoms with van der Waals surface area (Å²) in [6, 6.07) is 5.24. The molecule has 0 aliphatic carbocycles. The highest BCUT2D eigenvalue weighted by Gasteiger charge is 2.27. The summed E-state index contributed by atoms with van der Waals surface area (Å²) in [5.74, 6) is -0.313. The lowest BCUT2D eigenvalue weighted by atomic mass is 10.1. The number of likely N-dealkylation sites (N-methyl/N-ethyl adjacent to an activating group) is 1. The minimum Gasteiger partial charge on any atom is -0.399 e.